The Kier molecular flexibility index (Phi) is 4.92. The Morgan fingerprint density at radius 1 is 0.645 bits per heavy atom. The van der Waals surface area contributed by atoms with Crippen molar-refractivity contribution in [1.82, 2.24) is 4.98 Å². The predicted molar refractivity (Wildman–Crippen MR) is 134 cm³/mol. The first-order valence-corrected chi connectivity index (χ1v) is 10.9. The molecule has 0 bridgehead atoms. The molecule has 0 aliphatic carbocycles. The van der Waals surface area contributed by atoms with Crippen LogP contribution in [0.5, 0.6) is 0 Å². The van der Waals surface area contributed by atoms with Gasteiger partial charge >= 0.3 is 0 Å². The first-order chi connectivity index (χ1) is 15.0. The van der Waals surface area contributed by atoms with Crippen molar-refractivity contribution in [3.05, 3.63) is 107 Å². The van der Waals surface area contributed by atoms with Gasteiger partial charge in [0.05, 0.1) is 5.69 Å². The molecule has 5 rings (SSSR count). The van der Waals surface area contributed by atoms with Crippen molar-refractivity contribution in [2.75, 3.05) is 0 Å². The number of hydrogen-bond acceptors (Lipinski definition) is 0. The number of aryl methyl sites for hydroxylation is 3. The SMILES string of the molecule is Cc1ccc2[nH]c(-c3cccc(-c4ccccc4Cl)c3)c(-c3c(C)cccc3C)c2c1. The molecule has 5 aromatic rings. The average molecular weight is 422 g/mol. The molecule has 0 aliphatic heterocycles. The second-order valence-electron chi connectivity index (χ2n) is 8.25. The molecule has 0 atom stereocenters. The van der Waals surface area contributed by atoms with Crippen LogP contribution in [-0.4, -0.2) is 4.98 Å². The monoisotopic (exact) mass is 421 g/mol. The largest absolute Gasteiger partial charge is 0.354 e. The van der Waals surface area contributed by atoms with E-state index in [1.165, 1.54) is 33.2 Å². The molecule has 0 unspecified atom stereocenters. The van der Waals surface area contributed by atoms with Crippen LogP contribution in [0.4, 0.5) is 0 Å². The molecule has 2 heteroatoms. The van der Waals surface area contributed by atoms with Crippen molar-refractivity contribution in [3.8, 4) is 33.5 Å². The van der Waals surface area contributed by atoms with Gasteiger partial charge in [0, 0.05) is 27.1 Å². The van der Waals surface area contributed by atoms with Crippen molar-refractivity contribution < 1.29 is 0 Å². The summed E-state index contributed by atoms with van der Waals surface area (Å²) in [6, 6.07) is 29.8. The van der Waals surface area contributed by atoms with Gasteiger partial charge in [-0.15, -0.1) is 0 Å². The van der Waals surface area contributed by atoms with Gasteiger partial charge in [0.15, 0.2) is 0 Å². The summed E-state index contributed by atoms with van der Waals surface area (Å²) in [6.07, 6.45) is 0. The Labute approximate surface area is 188 Å². The zero-order chi connectivity index (χ0) is 21.5. The highest BCUT2D eigenvalue weighted by molar-refractivity contribution is 6.33. The van der Waals surface area contributed by atoms with Crippen molar-refractivity contribution >= 4 is 22.5 Å². The van der Waals surface area contributed by atoms with E-state index in [0.29, 0.717) is 0 Å². The average Bonchev–Trinajstić information content (AvgIpc) is 3.12. The lowest BCUT2D eigenvalue weighted by molar-refractivity contribution is 1.37. The van der Waals surface area contributed by atoms with Gasteiger partial charge in [-0.2, -0.15) is 0 Å². The highest BCUT2D eigenvalue weighted by Gasteiger charge is 2.19. The lowest BCUT2D eigenvalue weighted by Crippen LogP contribution is -1.90. The summed E-state index contributed by atoms with van der Waals surface area (Å²) >= 11 is 6.50. The second-order valence-corrected chi connectivity index (χ2v) is 8.66. The minimum absolute atomic E-state index is 0.766. The van der Waals surface area contributed by atoms with Gasteiger partial charge in [0.2, 0.25) is 0 Å². The minimum atomic E-state index is 0.766. The summed E-state index contributed by atoms with van der Waals surface area (Å²) in [5.41, 5.74) is 12.0. The van der Waals surface area contributed by atoms with E-state index in [4.69, 9.17) is 11.6 Å². The van der Waals surface area contributed by atoms with E-state index < -0.39 is 0 Å². The predicted octanol–water partition coefficient (Wildman–Crippen LogP) is 8.75. The summed E-state index contributed by atoms with van der Waals surface area (Å²) < 4.78 is 0. The number of halogens is 1. The van der Waals surface area contributed by atoms with Crippen LogP contribution < -0.4 is 0 Å². The number of H-pyrrole nitrogens is 1. The zero-order valence-electron chi connectivity index (χ0n) is 18.0. The summed E-state index contributed by atoms with van der Waals surface area (Å²) in [5, 5.41) is 2.03. The Bertz CT molecular complexity index is 1400. The maximum atomic E-state index is 6.50. The third-order valence-electron chi connectivity index (χ3n) is 6.02. The van der Waals surface area contributed by atoms with Crippen molar-refractivity contribution in [2.45, 2.75) is 20.8 Å². The number of hydrogen-bond donors (Lipinski definition) is 1. The van der Waals surface area contributed by atoms with Crippen LogP contribution in [0.3, 0.4) is 0 Å². The fourth-order valence-corrected chi connectivity index (χ4v) is 4.77. The van der Waals surface area contributed by atoms with Crippen LogP contribution in [0.1, 0.15) is 16.7 Å². The molecule has 1 heterocycles. The summed E-state index contributed by atoms with van der Waals surface area (Å²) in [6.45, 7) is 6.54. The molecule has 152 valence electrons. The van der Waals surface area contributed by atoms with Crippen LogP contribution in [0.15, 0.2) is 84.9 Å². The summed E-state index contributed by atoms with van der Waals surface area (Å²) in [7, 11) is 0. The van der Waals surface area contributed by atoms with Crippen LogP contribution in [0.2, 0.25) is 5.02 Å². The van der Waals surface area contributed by atoms with E-state index in [0.717, 1.165) is 32.9 Å². The minimum Gasteiger partial charge on any atom is -0.354 e. The number of nitrogens with one attached hydrogen (secondary N) is 1. The molecule has 0 radical (unpaired) electrons. The maximum Gasteiger partial charge on any atom is 0.0544 e. The molecule has 1 nitrogen and oxygen atoms in total. The van der Waals surface area contributed by atoms with Crippen molar-refractivity contribution in [2.24, 2.45) is 0 Å². The smallest absolute Gasteiger partial charge is 0.0544 e. The van der Waals surface area contributed by atoms with E-state index in [9.17, 15) is 0 Å². The molecule has 0 spiro atoms. The number of aromatic nitrogens is 1. The normalized spacial score (nSPS) is 11.2. The van der Waals surface area contributed by atoms with E-state index in [-0.39, 0.29) is 0 Å². The third-order valence-corrected chi connectivity index (χ3v) is 6.35. The Morgan fingerprint density at radius 2 is 1.35 bits per heavy atom. The van der Waals surface area contributed by atoms with Crippen LogP contribution in [0, 0.1) is 20.8 Å². The molecule has 0 amide bonds. The Balaban J connectivity index is 1.81. The maximum absolute atomic E-state index is 6.50. The zero-order valence-corrected chi connectivity index (χ0v) is 18.7. The van der Waals surface area contributed by atoms with Gasteiger partial charge in [-0.05, 0) is 72.9 Å². The molecular weight excluding hydrogens is 398 g/mol. The Hall–Kier alpha value is -3.29. The van der Waals surface area contributed by atoms with E-state index >= 15 is 0 Å². The van der Waals surface area contributed by atoms with E-state index in [1.807, 2.05) is 18.2 Å². The highest BCUT2D eigenvalue weighted by atomic mass is 35.5. The fourth-order valence-electron chi connectivity index (χ4n) is 4.53. The van der Waals surface area contributed by atoms with Crippen molar-refractivity contribution in [1.29, 1.82) is 0 Å². The van der Waals surface area contributed by atoms with E-state index in [1.54, 1.807) is 0 Å². The van der Waals surface area contributed by atoms with Crippen molar-refractivity contribution in [3.63, 3.8) is 0 Å². The van der Waals surface area contributed by atoms with Crippen LogP contribution in [-0.2, 0) is 0 Å². The standard InChI is InChI=1S/C29H24ClN/c1-18-14-15-26-24(16-18)28(27-19(2)8-6-9-20(27)3)29(31-26)22-11-7-10-21(17-22)23-12-4-5-13-25(23)30/h4-17,31H,1-3H3. The number of benzene rings is 4. The summed E-state index contributed by atoms with van der Waals surface area (Å²) in [4.78, 5) is 3.72. The lowest BCUT2D eigenvalue weighted by Gasteiger charge is -2.13. The van der Waals surface area contributed by atoms with Gasteiger partial charge in [0.1, 0.15) is 0 Å². The second kappa shape index (κ2) is 7.76. The Morgan fingerprint density at radius 3 is 2.13 bits per heavy atom. The molecular formula is C29H24ClN. The molecule has 0 saturated carbocycles. The third kappa shape index (κ3) is 3.45. The van der Waals surface area contributed by atoms with Gasteiger partial charge in [-0.25, -0.2) is 0 Å². The first kappa shape index (κ1) is 19.7. The highest BCUT2D eigenvalue weighted by Crippen LogP contribution is 2.42. The number of rotatable bonds is 3. The van der Waals surface area contributed by atoms with Gasteiger partial charge in [0.25, 0.3) is 0 Å². The molecule has 0 aliphatic rings. The van der Waals surface area contributed by atoms with Crippen LogP contribution >= 0.6 is 11.6 Å². The van der Waals surface area contributed by atoms with Crippen LogP contribution in [0.25, 0.3) is 44.4 Å². The number of aromatic amines is 1. The molecule has 4 aromatic carbocycles. The molecule has 0 saturated heterocycles. The molecule has 0 fully saturated rings. The topological polar surface area (TPSA) is 15.8 Å². The van der Waals surface area contributed by atoms with E-state index in [2.05, 4.69) is 92.5 Å². The molecule has 31 heavy (non-hydrogen) atoms. The number of fused-ring (bicyclic) bond motifs is 1. The van der Waals surface area contributed by atoms with Gasteiger partial charge in [-0.3, -0.25) is 0 Å². The van der Waals surface area contributed by atoms with Gasteiger partial charge < -0.3 is 4.98 Å². The van der Waals surface area contributed by atoms with Gasteiger partial charge in [-0.1, -0.05) is 77.8 Å². The molecule has 1 N–H and O–H groups in total. The fraction of sp³-hybridized carbons (Fsp3) is 0.103. The lowest BCUT2D eigenvalue weighted by atomic mass is 9.90. The summed E-state index contributed by atoms with van der Waals surface area (Å²) in [5.74, 6) is 0. The first-order valence-electron chi connectivity index (χ1n) is 10.6. The molecule has 1 aromatic heterocycles. The quantitative estimate of drug-likeness (QED) is 0.299.